The second kappa shape index (κ2) is 10.7. The Morgan fingerprint density at radius 3 is 2.57 bits per heavy atom. The van der Waals surface area contributed by atoms with E-state index in [0.29, 0.717) is 17.7 Å². The van der Waals surface area contributed by atoms with Crippen molar-refractivity contribution in [3.63, 3.8) is 0 Å². The van der Waals surface area contributed by atoms with Gasteiger partial charge in [-0.15, -0.1) is 0 Å². The van der Waals surface area contributed by atoms with Gasteiger partial charge in [-0.05, 0) is 79.6 Å². The molecule has 0 spiro atoms. The highest BCUT2D eigenvalue weighted by Gasteiger charge is 2.30. The Morgan fingerprint density at radius 2 is 1.91 bits per heavy atom. The SMILES string of the molecule is CCOC(=O)c1ccc(S(=O)(=O)N(Cc2cc3cc(CC)ccc3[nH]c2=O)C[C@@H]2CCCO2)cc1. The lowest BCUT2D eigenvalue weighted by Crippen LogP contribution is -2.38. The number of carbonyl (C=O) groups is 1. The topological polar surface area (TPSA) is 106 Å². The number of nitrogens with one attached hydrogen (secondary N) is 1. The quantitative estimate of drug-likeness (QED) is 0.452. The van der Waals surface area contributed by atoms with Crippen molar-refractivity contribution in [2.24, 2.45) is 0 Å². The van der Waals surface area contributed by atoms with E-state index in [2.05, 4.69) is 11.9 Å². The molecule has 0 saturated carbocycles. The van der Waals surface area contributed by atoms with Gasteiger partial charge in [-0.2, -0.15) is 4.31 Å². The average Bonchev–Trinajstić information content (AvgIpc) is 3.37. The lowest BCUT2D eigenvalue weighted by atomic mass is 10.1. The minimum atomic E-state index is -3.98. The number of hydrogen-bond acceptors (Lipinski definition) is 6. The molecule has 35 heavy (non-hydrogen) atoms. The predicted octanol–water partition coefficient (Wildman–Crippen LogP) is 3.64. The van der Waals surface area contributed by atoms with Crippen LogP contribution in [0.2, 0.25) is 0 Å². The normalized spacial score (nSPS) is 16.1. The predicted molar refractivity (Wildman–Crippen MR) is 133 cm³/mol. The van der Waals surface area contributed by atoms with Gasteiger partial charge in [0.1, 0.15) is 0 Å². The van der Waals surface area contributed by atoms with Crippen LogP contribution in [-0.2, 0) is 32.5 Å². The molecule has 1 aliphatic heterocycles. The first-order valence-electron chi connectivity index (χ1n) is 11.9. The van der Waals surface area contributed by atoms with Crippen molar-refractivity contribution in [2.45, 2.75) is 50.7 Å². The van der Waals surface area contributed by atoms with Crippen molar-refractivity contribution in [1.29, 1.82) is 0 Å². The molecule has 0 aliphatic carbocycles. The molecular weight excluding hydrogens is 468 g/mol. The van der Waals surface area contributed by atoms with E-state index in [4.69, 9.17) is 9.47 Å². The first kappa shape index (κ1) is 25.1. The number of aromatic amines is 1. The summed E-state index contributed by atoms with van der Waals surface area (Å²) in [6.07, 6.45) is 2.23. The van der Waals surface area contributed by atoms with Gasteiger partial charge in [0, 0.05) is 30.8 Å². The van der Waals surface area contributed by atoms with Crippen LogP contribution in [0.1, 0.15) is 48.2 Å². The number of sulfonamides is 1. The van der Waals surface area contributed by atoms with Crippen molar-refractivity contribution in [3.05, 3.63) is 75.6 Å². The number of hydrogen-bond donors (Lipinski definition) is 1. The summed E-state index contributed by atoms with van der Waals surface area (Å²) in [5.74, 6) is -0.512. The molecule has 0 amide bonds. The second-order valence-electron chi connectivity index (χ2n) is 8.58. The molecule has 186 valence electrons. The van der Waals surface area contributed by atoms with Gasteiger partial charge < -0.3 is 14.5 Å². The number of nitrogens with zero attached hydrogens (tertiary/aromatic N) is 1. The third-order valence-electron chi connectivity index (χ3n) is 6.17. The Kier molecular flexibility index (Phi) is 7.69. The summed E-state index contributed by atoms with van der Waals surface area (Å²) in [6.45, 7) is 4.61. The van der Waals surface area contributed by atoms with Crippen molar-refractivity contribution in [2.75, 3.05) is 19.8 Å². The summed E-state index contributed by atoms with van der Waals surface area (Å²) in [6, 6.07) is 13.2. The van der Waals surface area contributed by atoms with Gasteiger partial charge >= 0.3 is 5.97 Å². The zero-order valence-corrected chi connectivity index (χ0v) is 20.8. The van der Waals surface area contributed by atoms with E-state index in [9.17, 15) is 18.0 Å². The van der Waals surface area contributed by atoms with E-state index in [0.717, 1.165) is 30.2 Å². The van der Waals surface area contributed by atoms with Gasteiger partial charge in [-0.3, -0.25) is 4.79 Å². The molecule has 0 bridgehead atoms. The smallest absolute Gasteiger partial charge is 0.338 e. The van der Waals surface area contributed by atoms with Gasteiger partial charge in [0.05, 0.1) is 23.2 Å². The van der Waals surface area contributed by atoms with Gasteiger partial charge in [0.2, 0.25) is 10.0 Å². The summed E-state index contributed by atoms with van der Waals surface area (Å²) in [7, 11) is -3.98. The maximum absolute atomic E-state index is 13.6. The summed E-state index contributed by atoms with van der Waals surface area (Å²) >= 11 is 0. The maximum atomic E-state index is 13.6. The van der Waals surface area contributed by atoms with Crippen LogP contribution in [0.3, 0.4) is 0 Å². The number of aromatic nitrogens is 1. The Morgan fingerprint density at radius 1 is 1.14 bits per heavy atom. The number of benzene rings is 2. The maximum Gasteiger partial charge on any atom is 0.338 e. The molecule has 3 aromatic rings. The molecule has 1 aliphatic rings. The molecule has 0 unspecified atom stereocenters. The first-order chi connectivity index (χ1) is 16.8. The Labute approximate surface area is 204 Å². The van der Waals surface area contributed by atoms with Crippen molar-refractivity contribution in [1.82, 2.24) is 9.29 Å². The zero-order valence-electron chi connectivity index (χ0n) is 20.0. The standard InChI is InChI=1S/C26H30N2O6S/c1-3-18-7-12-24-20(14-18)15-21(25(29)27-24)16-28(17-22-6-5-13-34-22)35(31,32)23-10-8-19(9-11-23)26(30)33-4-2/h7-12,14-15,22H,3-6,13,16-17H2,1-2H3,(H,27,29)/t22-/m0/s1. The van der Waals surface area contributed by atoms with E-state index in [1.54, 1.807) is 13.0 Å². The monoisotopic (exact) mass is 498 g/mol. The molecule has 1 saturated heterocycles. The minimum absolute atomic E-state index is 0.0361. The third kappa shape index (κ3) is 5.63. The highest BCUT2D eigenvalue weighted by atomic mass is 32.2. The van der Waals surface area contributed by atoms with Crippen LogP contribution in [0, 0.1) is 0 Å². The van der Waals surface area contributed by atoms with Crippen molar-refractivity contribution >= 4 is 26.9 Å². The highest BCUT2D eigenvalue weighted by Crippen LogP contribution is 2.23. The molecule has 2 aromatic carbocycles. The highest BCUT2D eigenvalue weighted by molar-refractivity contribution is 7.89. The van der Waals surface area contributed by atoms with Crippen LogP contribution in [0.4, 0.5) is 0 Å². The summed E-state index contributed by atoms with van der Waals surface area (Å²) < 4.78 is 39.3. The lowest BCUT2D eigenvalue weighted by molar-refractivity contribution is 0.0526. The molecule has 8 nitrogen and oxygen atoms in total. The first-order valence-corrected chi connectivity index (χ1v) is 13.3. The van der Waals surface area contributed by atoms with Crippen molar-refractivity contribution < 1.29 is 22.7 Å². The van der Waals surface area contributed by atoms with Crippen LogP contribution in [-0.4, -0.2) is 49.5 Å². The van der Waals surface area contributed by atoms with E-state index >= 15 is 0 Å². The molecule has 1 aromatic heterocycles. The van der Waals surface area contributed by atoms with Gasteiger partial charge in [0.25, 0.3) is 5.56 Å². The van der Waals surface area contributed by atoms with Crippen LogP contribution < -0.4 is 5.56 Å². The van der Waals surface area contributed by atoms with Crippen LogP contribution >= 0.6 is 0 Å². The molecular formula is C26H30N2O6S. The summed E-state index contributed by atoms with van der Waals surface area (Å²) in [5, 5.41) is 0.854. The number of fused-ring (bicyclic) bond motifs is 1. The van der Waals surface area contributed by atoms with E-state index in [-0.39, 0.29) is 41.8 Å². The fourth-order valence-corrected chi connectivity index (χ4v) is 5.67. The molecule has 0 radical (unpaired) electrons. The fraction of sp³-hybridized carbons (Fsp3) is 0.385. The average molecular weight is 499 g/mol. The zero-order chi connectivity index (χ0) is 25.0. The van der Waals surface area contributed by atoms with Crippen LogP contribution in [0.15, 0.2) is 58.2 Å². The van der Waals surface area contributed by atoms with Gasteiger partial charge in [-0.25, -0.2) is 13.2 Å². The Hall–Kier alpha value is -3.01. The number of rotatable bonds is 9. The van der Waals surface area contributed by atoms with Gasteiger partial charge in [0.15, 0.2) is 0 Å². The number of ether oxygens (including phenoxy) is 2. The largest absolute Gasteiger partial charge is 0.462 e. The number of esters is 1. The summed E-state index contributed by atoms with van der Waals surface area (Å²) in [4.78, 5) is 27.7. The molecule has 4 rings (SSSR count). The lowest BCUT2D eigenvalue weighted by Gasteiger charge is -2.25. The Balaban J connectivity index is 1.68. The van der Waals surface area contributed by atoms with Crippen LogP contribution in [0.25, 0.3) is 10.9 Å². The molecule has 2 heterocycles. The minimum Gasteiger partial charge on any atom is -0.462 e. The number of H-pyrrole nitrogens is 1. The third-order valence-corrected chi connectivity index (χ3v) is 8.00. The van der Waals surface area contributed by atoms with Crippen molar-refractivity contribution in [3.8, 4) is 0 Å². The molecule has 9 heteroatoms. The van der Waals surface area contributed by atoms with E-state index in [1.807, 2.05) is 18.2 Å². The molecule has 1 fully saturated rings. The van der Waals surface area contributed by atoms with Crippen LogP contribution in [0.5, 0.6) is 0 Å². The molecule has 1 atom stereocenters. The van der Waals surface area contributed by atoms with E-state index < -0.39 is 16.0 Å². The number of carbonyl (C=O) groups excluding carboxylic acids is 1. The second-order valence-corrected chi connectivity index (χ2v) is 10.5. The Bertz CT molecular complexity index is 1360. The summed E-state index contributed by atoms with van der Waals surface area (Å²) in [5.41, 5.74) is 2.14. The molecule has 1 N–H and O–H groups in total. The number of aryl methyl sites for hydroxylation is 1. The fourth-order valence-electron chi connectivity index (χ4n) is 4.22. The van der Waals surface area contributed by atoms with Gasteiger partial charge in [-0.1, -0.05) is 13.0 Å². The van der Waals surface area contributed by atoms with E-state index in [1.165, 1.54) is 28.6 Å². The number of pyridine rings is 1.